The van der Waals surface area contributed by atoms with Crippen LogP contribution in [-0.4, -0.2) is 49.7 Å². The summed E-state index contributed by atoms with van der Waals surface area (Å²) in [4.78, 5) is 14.4. The van der Waals surface area contributed by atoms with Gasteiger partial charge in [-0.1, -0.05) is 48.0 Å². The van der Waals surface area contributed by atoms with Crippen LogP contribution in [0.1, 0.15) is 38.3 Å². The van der Waals surface area contributed by atoms with Gasteiger partial charge in [0.25, 0.3) is 10.1 Å². The van der Waals surface area contributed by atoms with Crippen LogP contribution in [0, 0.1) is 18.3 Å². The van der Waals surface area contributed by atoms with Crippen molar-refractivity contribution >= 4 is 16.2 Å². The summed E-state index contributed by atoms with van der Waals surface area (Å²) in [5.74, 6) is 0. The van der Waals surface area contributed by atoms with E-state index in [9.17, 15) is 18.5 Å². The Morgan fingerprint density at radius 1 is 1.18 bits per heavy atom. The van der Waals surface area contributed by atoms with E-state index in [0.717, 1.165) is 11.1 Å². The largest absolute Gasteiger partial charge is 0.444 e. The molecular formula is C25H31N3O5S. The summed E-state index contributed by atoms with van der Waals surface area (Å²) in [7, 11) is -4.04. The topological polar surface area (TPSA) is 109 Å². The van der Waals surface area contributed by atoms with Crippen LogP contribution in [0.2, 0.25) is 0 Å². The van der Waals surface area contributed by atoms with Crippen LogP contribution in [0.15, 0.2) is 59.5 Å². The van der Waals surface area contributed by atoms with Crippen LogP contribution in [0.5, 0.6) is 0 Å². The number of benzene rings is 2. The SMILES string of the molecule is Cc1ccc(S(=O)(=O)O[C@H]2C[C@H](C(C#N)NCc3ccccc3)N(C(=O)OC(C)(C)C)C2)cc1. The minimum Gasteiger partial charge on any atom is -0.444 e. The number of nitrogens with zero attached hydrogens (tertiary/aromatic N) is 2. The summed E-state index contributed by atoms with van der Waals surface area (Å²) < 4.78 is 36.7. The van der Waals surface area contributed by atoms with Crippen LogP contribution in [-0.2, 0) is 25.6 Å². The minimum atomic E-state index is -4.04. The number of nitrogens with one attached hydrogen (secondary N) is 1. The second-order valence-electron chi connectivity index (χ2n) is 9.39. The molecule has 2 aromatic carbocycles. The standard InChI is InChI=1S/C25H31N3O5S/c1-18-10-12-21(13-11-18)34(30,31)33-20-14-23(28(17-20)24(29)32-25(2,3)4)22(15-26)27-16-19-8-6-5-7-9-19/h5-13,20,22-23,27H,14,16-17H2,1-4H3/t20-,22?,23+/m0/s1. The fraction of sp³-hybridized carbons (Fsp3) is 0.440. The molecule has 34 heavy (non-hydrogen) atoms. The van der Waals surface area contributed by atoms with Crippen LogP contribution in [0.25, 0.3) is 0 Å². The number of carbonyl (C=O) groups is 1. The van der Waals surface area contributed by atoms with Crippen LogP contribution in [0.4, 0.5) is 4.79 Å². The lowest BCUT2D eigenvalue weighted by atomic mass is 10.1. The third-order valence-corrected chi connectivity index (χ3v) is 6.77. The highest BCUT2D eigenvalue weighted by Gasteiger charge is 2.44. The van der Waals surface area contributed by atoms with Gasteiger partial charge < -0.3 is 4.74 Å². The molecule has 1 fully saturated rings. The van der Waals surface area contributed by atoms with Gasteiger partial charge >= 0.3 is 6.09 Å². The molecule has 9 heteroatoms. The zero-order valence-corrected chi connectivity index (χ0v) is 20.7. The van der Waals surface area contributed by atoms with Gasteiger partial charge in [-0.15, -0.1) is 0 Å². The van der Waals surface area contributed by atoms with E-state index in [1.54, 1.807) is 32.9 Å². The molecule has 1 unspecified atom stereocenters. The molecule has 0 spiro atoms. The molecule has 1 saturated heterocycles. The summed E-state index contributed by atoms with van der Waals surface area (Å²) in [6.45, 7) is 7.53. The van der Waals surface area contributed by atoms with Gasteiger partial charge in [-0.25, -0.2) is 4.79 Å². The maximum Gasteiger partial charge on any atom is 0.410 e. The number of likely N-dealkylation sites (tertiary alicyclic amines) is 1. The Balaban J connectivity index is 1.79. The Morgan fingerprint density at radius 3 is 2.41 bits per heavy atom. The Hall–Kier alpha value is -2.93. The van der Waals surface area contributed by atoms with Gasteiger partial charge in [0.2, 0.25) is 0 Å². The molecule has 1 aliphatic rings. The van der Waals surface area contributed by atoms with Crippen LogP contribution in [0.3, 0.4) is 0 Å². The van der Waals surface area contributed by atoms with E-state index < -0.39 is 40.0 Å². The molecule has 3 atom stereocenters. The van der Waals surface area contributed by atoms with Crippen molar-refractivity contribution in [3.8, 4) is 6.07 Å². The number of ether oxygens (including phenoxy) is 1. The van der Waals surface area contributed by atoms with Crippen molar-refractivity contribution in [1.29, 1.82) is 5.26 Å². The summed E-state index contributed by atoms with van der Waals surface area (Å²) >= 11 is 0. The monoisotopic (exact) mass is 485 g/mol. The van der Waals surface area contributed by atoms with Gasteiger partial charge in [0.05, 0.1) is 29.7 Å². The molecule has 3 rings (SSSR count). The molecule has 0 bridgehead atoms. The predicted octanol–water partition coefficient (Wildman–Crippen LogP) is 3.76. The number of carbonyl (C=O) groups excluding carboxylic acids is 1. The predicted molar refractivity (Wildman–Crippen MR) is 127 cm³/mol. The van der Waals surface area contributed by atoms with Crippen molar-refractivity contribution in [1.82, 2.24) is 10.2 Å². The number of nitriles is 1. The molecule has 8 nitrogen and oxygen atoms in total. The van der Waals surface area contributed by atoms with E-state index in [-0.39, 0.29) is 17.9 Å². The molecule has 1 aliphatic heterocycles. The molecular weight excluding hydrogens is 454 g/mol. The Morgan fingerprint density at radius 2 is 1.82 bits per heavy atom. The normalized spacial score (nSPS) is 19.4. The van der Waals surface area contributed by atoms with Crippen molar-refractivity contribution < 1.29 is 22.1 Å². The fourth-order valence-electron chi connectivity index (χ4n) is 3.77. The lowest BCUT2D eigenvalue weighted by Crippen LogP contribution is -2.49. The van der Waals surface area contributed by atoms with Gasteiger partial charge in [0.15, 0.2) is 0 Å². The molecule has 1 heterocycles. The Labute approximate surface area is 201 Å². The average Bonchev–Trinajstić information content (AvgIpc) is 3.17. The molecule has 0 aromatic heterocycles. The Bertz CT molecular complexity index is 1120. The first kappa shape index (κ1) is 25.7. The minimum absolute atomic E-state index is 0.00410. The van der Waals surface area contributed by atoms with E-state index in [2.05, 4.69) is 11.4 Å². The summed E-state index contributed by atoms with van der Waals surface area (Å²) in [6, 6.07) is 16.8. The van der Waals surface area contributed by atoms with Crippen LogP contribution >= 0.6 is 0 Å². The second-order valence-corrected chi connectivity index (χ2v) is 11.0. The zero-order chi connectivity index (χ0) is 24.9. The number of rotatable bonds is 7. The van der Waals surface area contributed by atoms with E-state index in [0.29, 0.717) is 6.54 Å². The average molecular weight is 486 g/mol. The van der Waals surface area contributed by atoms with Crippen molar-refractivity contribution in [2.75, 3.05) is 6.54 Å². The van der Waals surface area contributed by atoms with E-state index in [1.807, 2.05) is 37.3 Å². The zero-order valence-electron chi connectivity index (χ0n) is 19.9. The van der Waals surface area contributed by atoms with Gasteiger partial charge in [0.1, 0.15) is 11.6 Å². The first-order chi connectivity index (χ1) is 16.0. The van der Waals surface area contributed by atoms with Gasteiger partial charge in [-0.3, -0.25) is 14.4 Å². The fourth-order valence-corrected chi connectivity index (χ4v) is 4.85. The highest BCUT2D eigenvalue weighted by Crippen LogP contribution is 2.28. The smallest absolute Gasteiger partial charge is 0.410 e. The molecule has 1 amide bonds. The molecule has 0 radical (unpaired) electrons. The lowest BCUT2D eigenvalue weighted by molar-refractivity contribution is 0.0198. The van der Waals surface area contributed by atoms with Gasteiger partial charge in [0, 0.05) is 6.54 Å². The highest BCUT2D eigenvalue weighted by molar-refractivity contribution is 7.86. The van der Waals surface area contributed by atoms with E-state index in [4.69, 9.17) is 8.92 Å². The third-order valence-electron chi connectivity index (χ3n) is 5.40. The molecule has 0 aliphatic carbocycles. The summed E-state index contributed by atoms with van der Waals surface area (Å²) in [5.41, 5.74) is 1.17. The van der Waals surface area contributed by atoms with Crippen molar-refractivity contribution in [3.05, 3.63) is 65.7 Å². The molecule has 1 N–H and O–H groups in total. The third kappa shape index (κ3) is 6.79. The maximum atomic E-state index is 12.9. The van der Waals surface area contributed by atoms with Crippen molar-refractivity contribution in [2.45, 2.75) is 69.3 Å². The first-order valence-electron chi connectivity index (χ1n) is 11.1. The van der Waals surface area contributed by atoms with Crippen molar-refractivity contribution in [2.24, 2.45) is 0 Å². The lowest BCUT2D eigenvalue weighted by Gasteiger charge is -2.30. The summed E-state index contributed by atoms with van der Waals surface area (Å²) in [5, 5.41) is 13.1. The first-order valence-corrected chi connectivity index (χ1v) is 12.6. The molecule has 2 aromatic rings. The molecule has 182 valence electrons. The maximum absolute atomic E-state index is 12.9. The Kier molecular flexibility index (Phi) is 7.97. The number of hydrogen-bond acceptors (Lipinski definition) is 7. The highest BCUT2D eigenvalue weighted by atomic mass is 32.2. The second kappa shape index (κ2) is 10.6. The number of aryl methyl sites for hydroxylation is 1. The van der Waals surface area contributed by atoms with Crippen molar-refractivity contribution in [3.63, 3.8) is 0 Å². The number of hydrogen-bond donors (Lipinski definition) is 1. The van der Waals surface area contributed by atoms with E-state index >= 15 is 0 Å². The van der Waals surface area contributed by atoms with Crippen LogP contribution < -0.4 is 5.32 Å². The number of amides is 1. The molecule has 0 saturated carbocycles. The summed E-state index contributed by atoms with van der Waals surface area (Å²) in [6.07, 6.45) is -1.25. The van der Waals surface area contributed by atoms with Gasteiger partial charge in [-0.2, -0.15) is 13.7 Å². The van der Waals surface area contributed by atoms with Gasteiger partial charge in [-0.05, 0) is 51.8 Å². The quantitative estimate of drug-likeness (QED) is 0.595. The van der Waals surface area contributed by atoms with E-state index in [1.165, 1.54) is 17.0 Å².